The number of ketones is 1. The number of aromatic hydroxyl groups is 1. The van der Waals surface area contributed by atoms with Crippen LogP contribution in [0.1, 0.15) is 120 Å². The number of hydrogen-bond acceptors (Lipinski definition) is 8. The van der Waals surface area contributed by atoms with Crippen molar-refractivity contribution in [2.45, 2.75) is 149 Å². The molecule has 0 aliphatic carbocycles. The normalized spacial score (nSPS) is 29.6. The summed E-state index contributed by atoms with van der Waals surface area (Å²) in [5.41, 5.74) is 0.879. The minimum atomic E-state index is -0.893. The van der Waals surface area contributed by atoms with E-state index in [9.17, 15) is 24.9 Å². The second-order valence-corrected chi connectivity index (χ2v) is 15.0. The number of rotatable bonds is 15. The molecule has 3 N–H and O–H groups in total. The van der Waals surface area contributed by atoms with E-state index in [2.05, 4.69) is 13.8 Å². The number of phenols is 1. The minimum absolute atomic E-state index is 0.00190. The molecule has 0 unspecified atom stereocenters. The standard InChI is InChI=1S/C41H60O8/c1-9-32(38-27(6)23-41(11-3,49-38)33-21-22-40(46,10-2)29(8)48-33)37(44)28(7)35(42)25(4)17-19-31-20-18-26(5)36(43)34(31)39(45)47-24-30-15-13-12-14-16-30/h12-16,18,20,25,27-29,32-33,35,38,42-43,46H,9-11,17,19,21-24H2,1-8H3/t25-,27+,28+,29+,32+,33-,35+,38+,40-,41+/m1/s1. The molecule has 4 rings (SSSR count). The topological polar surface area (TPSA) is 123 Å². The fourth-order valence-corrected chi connectivity index (χ4v) is 8.23. The highest BCUT2D eigenvalue weighted by molar-refractivity contribution is 5.94. The van der Waals surface area contributed by atoms with Crippen LogP contribution >= 0.6 is 0 Å². The second-order valence-electron chi connectivity index (χ2n) is 15.0. The Morgan fingerprint density at radius 2 is 1.73 bits per heavy atom. The van der Waals surface area contributed by atoms with Crippen molar-refractivity contribution in [2.24, 2.45) is 23.7 Å². The Morgan fingerprint density at radius 3 is 2.35 bits per heavy atom. The zero-order valence-electron chi connectivity index (χ0n) is 30.9. The van der Waals surface area contributed by atoms with Gasteiger partial charge >= 0.3 is 5.97 Å². The van der Waals surface area contributed by atoms with Crippen molar-refractivity contribution in [1.29, 1.82) is 0 Å². The van der Waals surface area contributed by atoms with E-state index in [1.165, 1.54) is 0 Å². The summed E-state index contributed by atoms with van der Waals surface area (Å²) in [6.07, 6.45) is 3.47. The molecule has 0 saturated carbocycles. The van der Waals surface area contributed by atoms with Crippen LogP contribution in [0.4, 0.5) is 0 Å². The minimum Gasteiger partial charge on any atom is -0.507 e. The number of hydrogen-bond donors (Lipinski definition) is 3. The third kappa shape index (κ3) is 8.41. The Labute approximate surface area is 293 Å². The summed E-state index contributed by atoms with van der Waals surface area (Å²) < 4.78 is 18.9. The summed E-state index contributed by atoms with van der Waals surface area (Å²) in [5.74, 6) is -1.78. The van der Waals surface area contributed by atoms with Crippen LogP contribution in [0.3, 0.4) is 0 Å². The number of carbonyl (C=O) groups is 2. The van der Waals surface area contributed by atoms with Crippen LogP contribution in [0.5, 0.6) is 5.75 Å². The van der Waals surface area contributed by atoms with Gasteiger partial charge in [0.05, 0.1) is 35.6 Å². The highest BCUT2D eigenvalue weighted by Gasteiger charge is 2.55. The first-order valence-corrected chi connectivity index (χ1v) is 18.5. The van der Waals surface area contributed by atoms with E-state index in [4.69, 9.17) is 14.2 Å². The van der Waals surface area contributed by atoms with Crippen molar-refractivity contribution >= 4 is 11.8 Å². The maximum Gasteiger partial charge on any atom is 0.342 e. The van der Waals surface area contributed by atoms with Crippen molar-refractivity contribution in [1.82, 2.24) is 0 Å². The van der Waals surface area contributed by atoms with Crippen LogP contribution in [0.15, 0.2) is 42.5 Å². The highest BCUT2D eigenvalue weighted by Crippen LogP contribution is 2.48. The molecule has 2 aliphatic rings. The van der Waals surface area contributed by atoms with Crippen LogP contribution in [-0.2, 0) is 32.0 Å². The van der Waals surface area contributed by atoms with E-state index in [-0.39, 0.29) is 59.8 Å². The summed E-state index contributed by atoms with van der Waals surface area (Å²) in [6, 6.07) is 13.0. The van der Waals surface area contributed by atoms with E-state index < -0.39 is 29.2 Å². The van der Waals surface area contributed by atoms with E-state index >= 15 is 0 Å². The molecular weight excluding hydrogens is 620 g/mol. The quantitative estimate of drug-likeness (QED) is 0.165. The first-order valence-electron chi connectivity index (χ1n) is 18.5. The van der Waals surface area contributed by atoms with Crippen molar-refractivity contribution < 1.29 is 39.1 Å². The molecule has 0 radical (unpaired) electrons. The Hall–Kier alpha value is -2.78. The van der Waals surface area contributed by atoms with Crippen molar-refractivity contribution in [3.63, 3.8) is 0 Å². The fraction of sp³-hybridized carbons (Fsp3) is 0.659. The molecule has 49 heavy (non-hydrogen) atoms. The van der Waals surface area contributed by atoms with Gasteiger partial charge in [-0.1, -0.05) is 84.0 Å². The second kappa shape index (κ2) is 16.5. The molecule has 2 aliphatic heterocycles. The average Bonchev–Trinajstić information content (AvgIpc) is 3.45. The molecule has 8 heteroatoms. The predicted molar refractivity (Wildman–Crippen MR) is 190 cm³/mol. The van der Waals surface area contributed by atoms with Gasteiger partial charge in [-0.2, -0.15) is 0 Å². The zero-order valence-corrected chi connectivity index (χ0v) is 30.9. The number of esters is 1. The molecular formula is C41H60O8. The van der Waals surface area contributed by atoms with Gasteiger partial charge in [0.15, 0.2) is 0 Å². The number of phenolic OH excluding ortho intramolecular Hbond substituents is 1. The smallest absolute Gasteiger partial charge is 0.342 e. The van der Waals surface area contributed by atoms with Crippen LogP contribution in [0.25, 0.3) is 0 Å². The maximum absolute atomic E-state index is 14.1. The van der Waals surface area contributed by atoms with Crippen LogP contribution in [0, 0.1) is 30.6 Å². The lowest BCUT2D eigenvalue weighted by Gasteiger charge is -2.47. The molecule has 0 spiro atoms. The SMILES string of the molecule is CC[C@@H](C(=O)[C@@H](C)[C@@H](O)[C@H](C)CCc1ccc(C)c(O)c1C(=O)OCc1ccccc1)[C@H]1O[C@](CC)([C@H]2CC[C@](O)(CC)[C@H](C)O2)C[C@@H]1C. The van der Waals surface area contributed by atoms with Gasteiger partial charge in [-0.05, 0) is 93.7 Å². The fourth-order valence-electron chi connectivity index (χ4n) is 8.23. The molecule has 8 nitrogen and oxygen atoms in total. The van der Waals surface area contributed by atoms with Gasteiger partial charge in [-0.3, -0.25) is 4.79 Å². The summed E-state index contributed by atoms with van der Waals surface area (Å²) in [6.45, 7) is 15.8. The molecule has 0 aromatic heterocycles. The van der Waals surface area contributed by atoms with Gasteiger partial charge in [0.25, 0.3) is 0 Å². The molecule has 2 aromatic carbocycles. The van der Waals surface area contributed by atoms with Crippen LogP contribution in [-0.4, -0.2) is 62.7 Å². The number of benzene rings is 2. The number of aliphatic hydroxyl groups is 2. The predicted octanol–water partition coefficient (Wildman–Crippen LogP) is 7.50. The monoisotopic (exact) mass is 680 g/mol. The Morgan fingerprint density at radius 1 is 1.04 bits per heavy atom. The number of aryl methyl sites for hydroxylation is 2. The van der Waals surface area contributed by atoms with E-state index in [0.29, 0.717) is 49.7 Å². The van der Waals surface area contributed by atoms with Gasteiger partial charge < -0.3 is 29.5 Å². The van der Waals surface area contributed by atoms with Crippen molar-refractivity contribution in [2.75, 3.05) is 0 Å². The van der Waals surface area contributed by atoms with Gasteiger partial charge in [-0.15, -0.1) is 0 Å². The first kappa shape index (κ1) is 39.0. The van der Waals surface area contributed by atoms with Gasteiger partial charge in [-0.25, -0.2) is 4.79 Å². The Bertz CT molecular complexity index is 1410. The lowest BCUT2D eigenvalue weighted by Crippen LogP contribution is -2.55. The summed E-state index contributed by atoms with van der Waals surface area (Å²) in [5, 5.41) is 33.3. The van der Waals surface area contributed by atoms with Crippen molar-refractivity contribution in [3.8, 4) is 5.75 Å². The largest absolute Gasteiger partial charge is 0.507 e. The number of ether oxygens (including phenoxy) is 3. The van der Waals surface area contributed by atoms with E-state index in [1.807, 2.05) is 64.1 Å². The molecule has 272 valence electrons. The summed E-state index contributed by atoms with van der Waals surface area (Å²) in [4.78, 5) is 27.3. The number of Topliss-reactive ketones (excluding diaryl/α,β-unsaturated/α-hetero) is 1. The first-order chi connectivity index (χ1) is 23.2. The molecule has 10 atom stereocenters. The number of carbonyl (C=O) groups excluding carboxylic acids is 2. The summed E-state index contributed by atoms with van der Waals surface area (Å²) in [7, 11) is 0. The van der Waals surface area contributed by atoms with Gasteiger partial charge in [0.2, 0.25) is 0 Å². The van der Waals surface area contributed by atoms with Crippen LogP contribution in [0.2, 0.25) is 0 Å². The van der Waals surface area contributed by atoms with Gasteiger partial charge in [0.1, 0.15) is 23.7 Å². The highest BCUT2D eigenvalue weighted by atomic mass is 16.6. The molecule has 0 bridgehead atoms. The van der Waals surface area contributed by atoms with E-state index in [0.717, 1.165) is 18.4 Å². The van der Waals surface area contributed by atoms with Crippen LogP contribution < -0.4 is 0 Å². The van der Waals surface area contributed by atoms with Crippen molar-refractivity contribution in [3.05, 3.63) is 64.7 Å². The molecule has 2 heterocycles. The Kier molecular flexibility index (Phi) is 13.1. The third-order valence-corrected chi connectivity index (χ3v) is 11.9. The molecule has 2 fully saturated rings. The summed E-state index contributed by atoms with van der Waals surface area (Å²) >= 11 is 0. The lowest BCUT2D eigenvalue weighted by molar-refractivity contribution is -0.229. The zero-order chi connectivity index (χ0) is 36.1. The number of aliphatic hydroxyl groups excluding tert-OH is 1. The van der Waals surface area contributed by atoms with E-state index in [1.54, 1.807) is 19.9 Å². The molecule has 0 amide bonds. The molecule has 2 aromatic rings. The Balaban J connectivity index is 1.41. The third-order valence-electron chi connectivity index (χ3n) is 11.9. The van der Waals surface area contributed by atoms with Gasteiger partial charge in [0, 0.05) is 11.8 Å². The lowest BCUT2D eigenvalue weighted by atomic mass is 9.76. The molecule has 2 saturated heterocycles. The average molecular weight is 681 g/mol. The maximum atomic E-state index is 14.1.